The number of halogens is 1. The summed E-state index contributed by atoms with van der Waals surface area (Å²) in [5.74, 6) is 0.273. The number of aryl methyl sites for hydroxylation is 1. The first-order valence-corrected chi connectivity index (χ1v) is 14.2. The third kappa shape index (κ3) is 4.41. The predicted molar refractivity (Wildman–Crippen MR) is 148 cm³/mol. The number of carbonyl (C=O) groups is 1. The van der Waals surface area contributed by atoms with Gasteiger partial charge in [0.25, 0.3) is 0 Å². The van der Waals surface area contributed by atoms with Gasteiger partial charge in [0.15, 0.2) is 0 Å². The first-order chi connectivity index (χ1) is 18.3. The smallest absolute Gasteiger partial charge is 0.337 e. The molecule has 1 unspecified atom stereocenters. The highest BCUT2D eigenvalue weighted by atomic mass is 35.5. The Morgan fingerprint density at radius 2 is 2.05 bits per heavy atom. The summed E-state index contributed by atoms with van der Waals surface area (Å²) < 4.78 is 12.6. The van der Waals surface area contributed by atoms with Gasteiger partial charge in [-0.2, -0.15) is 0 Å². The van der Waals surface area contributed by atoms with Crippen LogP contribution in [0.1, 0.15) is 60.0 Å². The lowest BCUT2D eigenvalue weighted by Crippen LogP contribution is -2.52. The Bertz CT molecular complexity index is 1250. The number of aromatic carboxylic acids is 1. The Kier molecular flexibility index (Phi) is 6.69. The Morgan fingerprint density at radius 1 is 1.21 bits per heavy atom. The number of carboxylic acids is 1. The van der Waals surface area contributed by atoms with E-state index in [1.54, 1.807) is 18.2 Å². The van der Waals surface area contributed by atoms with E-state index >= 15 is 0 Å². The van der Waals surface area contributed by atoms with E-state index in [0.717, 1.165) is 38.6 Å². The molecule has 4 aliphatic rings. The maximum Gasteiger partial charge on any atom is 0.337 e. The van der Waals surface area contributed by atoms with Crippen LogP contribution in [-0.4, -0.2) is 54.2 Å². The van der Waals surface area contributed by atoms with E-state index in [9.17, 15) is 15.0 Å². The summed E-state index contributed by atoms with van der Waals surface area (Å²) in [6.45, 7) is 6.36. The molecule has 202 valence electrons. The van der Waals surface area contributed by atoms with E-state index in [1.807, 2.05) is 0 Å². The molecule has 5 atom stereocenters. The van der Waals surface area contributed by atoms with Gasteiger partial charge in [0, 0.05) is 31.3 Å². The summed E-state index contributed by atoms with van der Waals surface area (Å²) in [4.78, 5) is 14.3. The molecule has 2 heterocycles. The van der Waals surface area contributed by atoms with Gasteiger partial charge >= 0.3 is 5.97 Å². The minimum absolute atomic E-state index is 0.0154. The summed E-state index contributed by atoms with van der Waals surface area (Å²) in [6, 6.07) is 12.0. The number of carboxylic acid groups (broad SMARTS) is 1. The molecular weight excluding hydrogens is 502 g/mol. The molecule has 2 aromatic carbocycles. The summed E-state index contributed by atoms with van der Waals surface area (Å²) >= 11 is 6.83. The molecule has 2 aromatic rings. The quantitative estimate of drug-likeness (QED) is 0.481. The summed E-state index contributed by atoms with van der Waals surface area (Å²) in [7, 11) is 0. The molecule has 0 amide bonds. The van der Waals surface area contributed by atoms with Crippen LogP contribution in [0.3, 0.4) is 0 Å². The van der Waals surface area contributed by atoms with Gasteiger partial charge in [0.1, 0.15) is 5.75 Å². The zero-order valence-electron chi connectivity index (χ0n) is 21.7. The third-order valence-electron chi connectivity index (χ3n) is 9.52. The molecule has 2 N–H and O–H groups in total. The SMILES string of the molecule is C=C[C@@]1(O)CCO[C@@H]([C@@H]2CC[C@H]2CN2CC3(CCCc4ccccc43)COc3ccc(C(=O)O)c(Cl)c32)C1. The minimum Gasteiger partial charge on any atom is -0.490 e. The minimum atomic E-state index is -1.04. The van der Waals surface area contributed by atoms with Gasteiger partial charge in [-0.3, -0.25) is 0 Å². The number of nitrogens with zero attached hydrogens (tertiary/aromatic N) is 1. The molecule has 6 rings (SSSR count). The number of benzene rings is 2. The van der Waals surface area contributed by atoms with E-state index in [2.05, 4.69) is 35.7 Å². The van der Waals surface area contributed by atoms with Crippen LogP contribution in [0.15, 0.2) is 49.1 Å². The van der Waals surface area contributed by atoms with Crippen LogP contribution in [0.4, 0.5) is 5.69 Å². The van der Waals surface area contributed by atoms with E-state index in [0.29, 0.717) is 55.9 Å². The Labute approximate surface area is 229 Å². The highest BCUT2D eigenvalue weighted by molar-refractivity contribution is 6.36. The van der Waals surface area contributed by atoms with Crippen LogP contribution in [0.25, 0.3) is 0 Å². The first kappa shape index (κ1) is 25.7. The van der Waals surface area contributed by atoms with Gasteiger partial charge in [0.05, 0.1) is 41.2 Å². The number of hydrogen-bond acceptors (Lipinski definition) is 5. The second-order valence-corrected chi connectivity index (χ2v) is 12.1. The average Bonchev–Trinajstić information content (AvgIpc) is 3.05. The normalized spacial score (nSPS) is 32.4. The number of ether oxygens (including phenoxy) is 2. The maximum absolute atomic E-state index is 12.0. The van der Waals surface area contributed by atoms with Crippen LogP contribution in [0.5, 0.6) is 5.75 Å². The number of anilines is 1. The van der Waals surface area contributed by atoms with Crippen molar-refractivity contribution in [2.75, 3.05) is 31.2 Å². The Balaban J connectivity index is 1.36. The molecule has 0 radical (unpaired) electrons. The summed E-state index contributed by atoms with van der Waals surface area (Å²) in [5.41, 5.74) is 2.40. The Morgan fingerprint density at radius 3 is 2.82 bits per heavy atom. The van der Waals surface area contributed by atoms with Crippen molar-refractivity contribution in [2.24, 2.45) is 11.8 Å². The van der Waals surface area contributed by atoms with Crippen molar-refractivity contribution in [3.05, 3.63) is 70.8 Å². The van der Waals surface area contributed by atoms with Crippen molar-refractivity contribution in [1.29, 1.82) is 0 Å². The lowest BCUT2D eigenvalue weighted by atomic mass is 9.67. The van der Waals surface area contributed by atoms with Gasteiger partial charge in [-0.15, -0.1) is 6.58 Å². The lowest BCUT2D eigenvalue weighted by Gasteiger charge is -2.48. The van der Waals surface area contributed by atoms with Crippen molar-refractivity contribution in [3.63, 3.8) is 0 Å². The second kappa shape index (κ2) is 9.89. The van der Waals surface area contributed by atoms with Gasteiger partial charge in [0.2, 0.25) is 0 Å². The predicted octanol–water partition coefficient (Wildman–Crippen LogP) is 5.63. The van der Waals surface area contributed by atoms with Crippen molar-refractivity contribution in [1.82, 2.24) is 0 Å². The monoisotopic (exact) mass is 537 g/mol. The largest absolute Gasteiger partial charge is 0.490 e. The fourth-order valence-electron chi connectivity index (χ4n) is 7.26. The third-order valence-corrected chi connectivity index (χ3v) is 9.91. The summed E-state index contributed by atoms with van der Waals surface area (Å²) in [5, 5.41) is 20.9. The van der Waals surface area contributed by atoms with Crippen molar-refractivity contribution >= 4 is 23.3 Å². The molecule has 0 aromatic heterocycles. The molecule has 38 heavy (non-hydrogen) atoms. The van der Waals surface area contributed by atoms with Crippen LogP contribution in [0.2, 0.25) is 5.02 Å². The fourth-order valence-corrected chi connectivity index (χ4v) is 7.61. The van der Waals surface area contributed by atoms with Crippen LogP contribution < -0.4 is 9.64 Å². The highest BCUT2D eigenvalue weighted by Gasteiger charge is 2.47. The summed E-state index contributed by atoms with van der Waals surface area (Å²) in [6.07, 6.45) is 8.06. The van der Waals surface area contributed by atoms with Crippen molar-refractivity contribution < 1.29 is 24.5 Å². The van der Waals surface area contributed by atoms with Gasteiger partial charge < -0.3 is 24.6 Å². The second-order valence-electron chi connectivity index (χ2n) is 11.7. The van der Waals surface area contributed by atoms with Gasteiger partial charge in [-0.25, -0.2) is 4.79 Å². The lowest BCUT2D eigenvalue weighted by molar-refractivity contribution is -0.125. The number of hydrogen-bond donors (Lipinski definition) is 2. The maximum atomic E-state index is 12.0. The average molecular weight is 538 g/mol. The molecule has 7 heteroatoms. The van der Waals surface area contributed by atoms with E-state index < -0.39 is 11.6 Å². The van der Waals surface area contributed by atoms with E-state index in [1.165, 1.54) is 11.1 Å². The molecule has 2 fully saturated rings. The molecule has 2 aliphatic heterocycles. The van der Waals surface area contributed by atoms with Gasteiger partial charge in [-0.05, 0) is 67.2 Å². The molecule has 6 nitrogen and oxygen atoms in total. The van der Waals surface area contributed by atoms with E-state index in [-0.39, 0.29) is 22.1 Å². The zero-order valence-corrected chi connectivity index (χ0v) is 22.5. The van der Waals surface area contributed by atoms with Gasteiger partial charge in [-0.1, -0.05) is 41.9 Å². The first-order valence-electron chi connectivity index (χ1n) is 13.8. The molecular formula is C31H36ClNO5. The zero-order chi connectivity index (χ0) is 26.5. The molecule has 1 saturated heterocycles. The van der Waals surface area contributed by atoms with Crippen molar-refractivity contribution in [2.45, 2.75) is 62.1 Å². The Hall–Kier alpha value is -2.54. The molecule has 1 saturated carbocycles. The number of aliphatic hydroxyl groups is 1. The topological polar surface area (TPSA) is 79.2 Å². The standard InChI is InChI=1S/C31H36ClNO5/c1-2-31(36)14-15-37-26(16-31)22-10-9-21(22)17-33-18-30(13-5-7-20-6-3-4-8-24(20)30)19-38-25-12-11-23(29(34)35)27(32)28(25)33/h2-4,6,8,11-12,21-22,26,36H,1,5,7,9-10,13-19H2,(H,34,35)/t21-,22+,26+,30?,31+/m0/s1. The highest BCUT2D eigenvalue weighted by Crippen LogP contribution is 2.49. The molecule has 0 bridgehead atoms. The molecule has 1 spiro atoms. The number of fused-ring (bicyclic) bond motifs is 3. The van der Waals surface area contributed by atoms with E-state index in [4.69, 9.17) is 21.1 Å². The number of rotatable bonds is 5. The van der Waals surface area contributed by atoms with Crippen LogP contribution in [-0.2, 0) is 16.6 Å². The van der Waals surface area contributed by atoms with Crippen LogP contribution in [0, 0.1) is 11.8 Å². The van der Waals surface area contributed by atoms with Crippen molar-refractivity contribution in [3.8, 4) is 5.75 Å². The van der Waals surface area contributed by atoms with Crippen LogP contribution >= 0.6 is 11.6 Å². The fraction of sp³-hybridized carbons (Fsp3) is 0.516. The molecule has 2 aliphatic carbocycles.